The molecular weight excluding hydrogens is 586 g/mol. The van der Waals surface area contributed by atoms with Gasteiger partial charge in [-0.15, -0.1) is 5.10 Å². The molecule has 1 amide bonds. The van der Waals surface area contributed by atoms with Crippen LogP contribution in [0.4, 0.5) is 11.5 Å². The first-order chi connectivity index (χ1) is 22.4. The molecule has 0 unspecified atom stereocenters. The number of aryl methyl sites for hydroxylation is 1. The molecular formula is C33H35N9O4. The first kappa shape index (κ1) is 28.4. The number of hydrogen-bond donors (Lipinski definition) is 2. The van der Waals surface area contributed by atoms with Crippen LogP contribution in [0.15, 0.2) is 58.3 Å². The van der Waals surface area contributed by atoms with Gasteiger partial charge in [0.15, 0.2) is 5.69 Å². The van der Waals surface area contributed by atoms with E-state index in [1.54, 1.807) is 24.3 Å². The van der Waals surface area contributed by atoms with E-state index >= 15 is 0 Å². The minimum absolute atomic E-state index is 0.0298. The molecule has 4 bridgehead atoms. The largest absolute Gasteiger partial charge is 0.426 e. The van der Waals surface area contributed by atoms with Crippen LogP contribution < -0.4 is 20.8 Å². The SMILES string of the molecule is Nc1nonc1-n1nnc(C(=O)NN=Cc2ccc(OC(=O)C34CC5CC(CC(C5)C3)C4)cc2)c1CN1CCCc2ccccc21. The van der Waals surface area contributed by atoms with Crippen LogP contribution in [0.2, 0.25) is 0 Å². The topological polar surface area (TPSA) is 167 Å². The maximum atomic E-state index is 13.3. The molecule has 2 aromatic carbocycles. The van der Waals surface area contributed by atoms with Crippen molar-refractivity contribution in [3.63, 3.8) is 0 Å². The number of nitrogens with two attached hydrogens (primary N) is 1. The number of hydrazone groups is 1. The van der Waals surface area contributed by atoms with Crippen molar-refractivity contribution < 1.29 is 19.0 Å². The molecule has 46 heavy (non-hydrogen) atoms. The molecule has 0 atom stereocenters. The Balaban J connectivity index is 0.954. The van der Waals surface area contributed by atoms with Crippen molar-refractivity contribution >= 4 is 29.6 Å². The maximum Gasteiger partial charge on any atom is 0.317 e. The number of carbonyl (C=O) groups is 2. The molecule has 9 rings (SSSR count). The number of nitrogens with one attached hydrogen (secondary N) is 1. The van der Waals surface area contributed by atoms with Gasteiger partial charge in [-0.05, 0) is 121 Å². The van der Waals surface area contributed by atoms with Gasteiger partial charge < -0.3 is 15.4 Å². The second-order valence-corrected chi connectivity index (χ2v) is 13.3. The summed E-state index contributed by atoms with van der Waals surface area (Å²) >= 11 is 0. The minimum atomic E-state index is -0.543. The standard InChI is InChI=1S/C33H35N9O4/c34-29-30(39-46-38-29)42-27(19-41-11-3-5-24-4-1-2-6-26(24)41)28(36-40-42)31(43)37-35-18-20-7-9-25(10-8-20)45-32(44)33-15-21-12-22(16-33)14-23(13-21)17-33/h1-2,4,6-10,18,21-23H,3,5,11-17,19H2,(H2,34,38)(H,37,43). The fourth-order valence-electron chi connectivity index (χ4n) is 8.50. The van der Waals surface area contributed by atoms with Gasteiger partial charge in [0, 0.05) is 12.2 Å². The lowest BCUT2D eigenvalue weighted by Crippen LogP contribution is -2.51. The van der Waals surface area contributed by atoms with Gasteiger partial charge in [0.1, 0.15) is 5.75 Å². The van der Waals surface area contributed by atoms with Crippen molar-refractivity contribution in [3.8, 4) is 11.6 Å². The van der Waals surface area contributed by atoms with E-state index in [4.69, 9.17) is 15.1 Å². The number of fused-ring (bicyclic) bond motifs is 1. The summed E-state index contributed by atoms with van der Waals surface area (Å²) in [7, 11) is 0. The average molecular weight is 622 g/mol. The summed E-state index contributed by atoms with van der Waals surface area (Å²) in [5.41, 5.74) is 11.8. The van der Waals surface area contributed by atoms with Crippen LogP contribution in [0.5, 0.6) is 5.75 Å². The maximum absolute atomic E-state index is 13.3. The number of nitrogens with zero attached hydrogens (tertiary/aromatic N) is 7. The highest BCUT2D eigenvalue weighted by molar-refractivity contribution is 5.94. The molecule has 4 fully saturated rings. The van der Waals surface area contributed by atoms with Crippen LogP contribution in [-0.2, 0) is 17.8 Å². The lowest BCUT2D eigenvalue weighted by Gasteiger charge is -2.55. The van der Waals surface area contributed by atoms with E-state index in [-0.39, 0.29) is 28.7 Å². The Bertz CT molecular complexity index is 1780. The van der Waals surface area contributed by atoms with E-state index < -0.39 is 5.91 Å². The Hall–Kier alpha value is -5.07. The van der Waals surface area contributed by atoms with Crippen molar-refractivity contribution in [1.82, 2.24) is 30.7 Å². The van der Waals surface area contributed by atoms with Crippen molar-refractivity contribution in [2.45, 2.75) is 57.9 Å². The molecule has 4 aliphatic carbocycles. The van der Waals surface area contributed by atoms with E-state index in [2.05, 4.69) is 48.2 Å². The molecule has 0 radical (unpaired) electrons. The Morgan fingerprint density at radius 2 is 1.78 bits per heavy atom. The highest BCUT2D eigenvalue weighted by Gasteiger charge is 2.55. The molecule has 5 aliphatic rings. The van der Waals surface area contributed by atoms with Crippen molar-refractivity contribution in [2.75, 3.05) is 17.2 Å². The third-order valence-electron chi connectivity index (χ3n) is 10.2. The summed E-state index contributed by atoms with van der Waals surface area (Å²) in [6.45, 7) is 1.12. The lowest BCUT2D eigenvalue weighted by molar-refractivity contribution is -0.161. The lowest BCUT2D eigenvalue weighted by atomic mass is 9.49. The zero-order valence-electron chi connectivity index (χ0n) is 25.3. The van der Waals surface area contributed by atoms with Crippen molar-refractivity contribution in [3.05, 3.63) is 71.0 Å². The van der Waals surface area contributed by atoms with Gasteiger partial charge >= 0.3 is 5.97 Å². The first-order valence-corrected chi connectivity index (χ1v) is 16.0. The highest BCUT2D eigenvalue weighted by Crippen LogP contribution is 2.60. The van der Waals surface area contributed by atoms with Crippen molar-refractivity contribution in [2.24, 2.45) is 28.3 Å². The minimum Gasteiger partial charge on any atom is -0.426 e. The molecule has 2 aromatic heterocycles. The van der Waals surface area contributed by atoms with Gasteiger partial charge in [0.05, 0.1) is 23.9 Å². The summed E-state index contributed by atoms with van der Waals surface area (Å²) in [5.74, 6) is 2.09. The fraction of sp³-hybridized carbons (Fsp3) is 0.424. The molecule has 0 saturated heterocycles. The van der Waals surface area contributed by atoms with E-state index in [1.807, 2.05) is 12.1 Å². The number of para-hydroxylation sites is 1. The monoisotopic (exact) mass is 621 g/mol. The summed E-state index contributed by atoms with van der Waals surface area (Å²) in [4.78, 5) is 28.8. The number of ether oxygens (including phenoxy) is 1. The van der Waals surface area contributed by atoms with Gasteiger partial charge in [-0.2, -0.15) is 9.78 Å². The van der Waals surface area contributed by atoms with Gasteiger partial charge in [0.2, 0.25) is 11.6 Å². The average Bonchev–Trinajstić information content (AvgIpc) is 3.67. The molecule has 13 nitrogen and oxygen atoms in total. The Morgan fingerprint density at radius 1 is 1.04 bits per heavy atom. The molecule has 3 heterocycles. The number of carbonyl (C=O) groups excluding carboxylic acids is 2. The quantitative estimate of drug-likeness (QED) is 0.127. The Labute approximate surface area is 265 Å². The third-order valence-corrected chi connectivity index (χ3v) is 10.2. The Kier molecular flexibility index (Phi) is 7.03. The second-order valence-electron chi connectivity index (χ2n) is 13.3. The van der Waals surface area contributed by atoms with Gasteiger partial charge in [0.25, 0.3) is 5.91 Å². The summed E-state index contributed by atoms with van der Waals surface area (Å²) in [6, 6.07) is 15.3. The molecule has 4 aromatic rings. The number of anilines is 2. The molecule has 3 N–H and O–H groups in total. The summed E-state index contributed by atoms with van der Waals surface area (Å²) in [5, 5.41) is 20.0. The molecule has 236 valence electrons. The van der Waals surface area contributed by atoms with Gasteiger partial charge in [-0.1, -0.05) is 23.4 Å². The number of amides is 1. The zero-order chi connectivity index (χ0) is 31.3. The van der Waals surface area contributed by atoms with Crippen LogP contribution in [-0.4, -0.2) is 49.9 Å². The predicted molar refractivity (Wildman–Crippen MR) is 167 cm³/mol. The van der Waals surface area contributed by atoms with Crippen LogP contribution in [0.1, 0.15) is 72.3 Å². The molecule has 13 heteroatoms. The molecule has 1 aliphatic heterocycles. The van der Waals surface area contributed by atoms with E-state index in [9.17, 15) is 9.59 Å². The van der Waals surface area contributed by atoms with E-state index in [0.29, 0.717) is 35.7 Å². The number of nitrogen functional groups attached to an aromatic ring is 1. The second kappa shape index (κ2) is 11.4. The first-order valence-electron chi connectivity index (χ1n) is 16.0. The molecule has 4 saturated carbocycles. The predicted octanol–water partition coefficient (Wildman–Crippen LogP) is 4.07. The van der Waals surface area contributed by atoms with Crippen LogP contribution >= 0.6 is 0 Å². The number of benzene rings is 2. The van der Waals surface area contributed by atoms with Gasteiger partial charge in [-0.3, -0.25) is 9.59 Å². The van der Waals surface area contributed by atoms with Crippen LogP contribution in [0, 0.1) is 23.2 Å². The number of rotatable bonds is 8. The van der Waals surface area contributed by atoms with Crippen molar-refractivity contribution in [1.29, 1.82) is 0 Å². The summed E-state index contributed by atoms with van der Waals surface area (Å²) in [6.07, 6.45) is 10.2. The molecule has 0 spiro atoms. The number of esters is 1. The van der Waals surface area contributed by atoms with E-state index in [1.165, 1.54) is 35.7 Å². The third kappa shape index (κ3) is 5.19. The van der Waals surface area contributed by atoms with Crippen LogP contribution in [0.3, 0.4) is 0 Å². The smallest absolute Gasteiger partial charge is 0.317 e. The zero-order valence-corrected chi connectivity index (χ0v) is 25.3. The Morgan fingerprint density at radius 3 is 2.50 bits per heavy atom. The summed E-state index contributed by atoms with van der Waals surface area (Å²) < 4.78 is 12.1. The highest BCUT2D eigenvalue weighted by atomic mass is 16.6. The number of hydrogen-bond acceptors (Lipinski definition) is 11. The fourth-order valence-corrected chi connectivity index (χ4v) is 8.50. The number of aromatic nitrogens is 5. The van der Waals surface area contributed by atoms with E-state index in [0.717, 1.165) is 49.9 Å². The van der Waals surface area contributed by atoms with Crippen LogP contribution in [0.25, 0.3) is 5.82 Å². The normalized spacial score (nSPS) is 24.7. The van der Waals surface area contributed by atoms with Gasteiger partial charge in [-0.25, -0.2) is 10.1 Å².